The second-order valence-electron chi connectivity index (χ2n) is 12.9. The van der Waals surface area contributed by atoms with Crippen molar-refractivity contribution < 1.29 is 19.4 Å². The zero-order chi connectivity index (χ0) is 28.7. The standard InChI is InChI=1S/C31H40BrN3O4/c1-18(36)33-21-8-10-22(11-9-21)39-23-12-20-16-35(29(34-32)24(20)15-23)17-27(37)19-13-25(30(2,3)4)28(38)26(14-19)31(5,6)7/h8-11,13-14,20,23-24,38H,12,15-17H2,1-7H3,(H,33,36)/b34-29-/t20-,23+,24-/m0/s1. The minimum Gasteiger partial charge on any atom is -0.507 e. The maximum Gasteiger partial charge on any atom is 0.221 e. The molecule has 2 N–H and O–H groups in total. The van der Waals surface area contributed by atoms with E-state index in [-0.39, 0.29) is 46.8 Å². The largest absolute Gasteiger partial charge is 0.507 e. The Balaban J connectivity index is 1.45. The number of carbonyl (C=O) groups is 2. The number of hydrogen-bond acceptors (Lipinski definition) is 5. The summed E-state index contributed by atoms with van der Waals surface area (Å²) in [4.78, 5) is 26.9. The first kappa shape index (κ1) is 29.1. The number of phenols is 1. The van der Waals surface area contributed by atoms with Gasteiger partial charge in [0.15, 0.2) is 5.78 Å². The van der Waals surface area contributed by atoms with Gasteiger partial charge in [0.2, 0.25) is 5.91 Å². The molecule has 1 amide bonds. The summed E-state index contributed by atoms with van der Waals surface area (Å²) >= 11 is 3.33. The summed E-state index contributed by atoms with van der Waals surface area (Å²) in [6.07, 6.45) is 1.78. The summed E-state index contributed by atoms with van der Waals surface area (Å²) in [5.74, 6) is 2.43. The molecule has 0 aromatic heterocycles. The van der Waals surface area contributed by atoms with Crippen LogP contribution < -0.4 is 10.1 Å². The molecule has 1 saturated heterocycles. The highest BCUT2D eigenvalue weighted by Crippen LogP contribution is 2.43. The van der Waals surface area contributed by atoms with E-state index >= 15 is 0 Å². The molecule has 210 valence electrons. The Labute approximate surface area is 240 Å². The average molecular weight is 599 g/mol. The van der Waals surface area contributed by atoms with E-state index in [1.807, 2.05) is 36.4 Å². The summed E-state index contributed by atoms with van der Waals surface area (Å²) in [6.45, 7) is 14.8. The van der Waals surface area contributed by atoms with Gasteiger partial charge in [-0.05, 0) is 66.0 Å². The average Bonchev–Trinajstić information content (AvgIpc) is 3.34. The molecule has 8 heteroatoms. The second-order valence-corrected chi connectivity index (χ2v) is 13.3. The van der Waals surface area contributed by atoms with E-state index in [2.05, 4.69) is 71.9 Å². The lowest BCUT2D eigenvalue weighted by Gasteiger charge is -2.28. The van der Waals surface area contributed by atoms with Crippen LogP contribution in [0.15, 0.2) is 40.4 Å². The molecule has 4 rings (SSSR count). The number of benzene rings is 2. The Bertz CT molecular complexity index is 1240. The van der Waals surface area contributed by atoms with Crippen LogP contribution in [0.5, 0.6) is 11.5 Å². The van der Waals surface area contributed by atoms with Crippen molar-refractivity contribution >= 4 is 39.4 Å². The normalized spacial score (nSPS) is 22.2. The molecule has 2 fully saturated rings. The zero-order valence-electron chi connectivity index (χ0n) is 24.0. The van der Waals surface area contributed by atoms with E-state index in [1.54, 1.807) is 0 Å². The maximum absolute atomic E-state index is 13.6. The van der Waals surface area contributed by atoms with Gasteiger partial charge in [0, 0.05) is 41.8 Å². The topological polar surface area (TPSA) is 91.2 Å². The fourth-order valence-corrected chi connectivity index (χ4v) is 6.26. The third kappa shape index (κ3) is 6.48. The summed E-state index contributed by atoms with van der Waals surface area (Å²) in [7, 11) is 0. The lowest BCUT2D eigenvalue weighted by molar-refractivity contribution is -0.114. The number of nitrogens with one attached hydrogen (secondary N) is 1. The monoisotopic (exact) mass is 597 g/mol. The summed E-state index contributed by atoms with van der Waals surface area (Å²) in [5.41, 5.74) is 2.34. The molecule has 1 aliphatic heterocycles. The minimum absolute atomic E-state index is 0.0201. The number of rotatable bonds is 6. The minimum atomic E-state index is -0.299. The van der Waals surface area contributed by atoms with Crippen LogP contribution in [-0.2, 0) is 15.6 Å². The third-order valence-corrected chi connectivity index (χ3v) is 8.07. The molecule has 1 saturated carbocycles. The number of nitrogens with zero attached hydrogens (tertiary/aromatic N) is 2. The Morgan fingerprint density at radius 3 is 2.15 bits per heavy atom. The van der Waals surface area contributed by atoms with Gasteiger partial charge in [-0.2, -0.15) is 4.02 Å². The first-order valence-corrected chi connectivity index (χ1v) is 14.3. The SMILES string of the molecule is CC(=O)Nc1ccc(O[C@@H]2C[C@H]3CN(CC(=O)c4cc(C(C)(C)C)c(O)c(C(C)(C)C)c4)/C(=N\Br)[C@H]3C2)cc1. The molecule has 1 aliphatic carbocycles. The Morgan fingerprint density at radius 2 is 1.64 bits per heavy atom. The summed E-state index contributed by atoms with van der Waals surface area (Å²) in [6, 6.07) is 11.1. The first-order chi connectivity index (χ1) is 18.2. The Kier molecular flexibility index (Phi) is 8.18. The molecule has 0 bridgehead atoms. The van der Waals surface area contributed by atoms with Gasteiger partial charge in [-0.1, -0.05) is 41.5 Å². The summed E-state index contributed by atoms with van der Waals surface area (Å²) in [5, 5.41) is 13.8. The number of carbonyl (C=O) groups excluding carboxylic acids is 2. The van der Waals surface area contributed by atoms with Crippen molar-refractivity contribution in [2.24, 2.45) is 15.9 Å². The van der Waals surface area contributed by atoms with Crippen LogP contribution in [0.1, 0.15) is 82.8 Å². The number of amides is 1. The molecule has 39 heavy (non-hydrogen) atoms. The molecule has 3 atom stereocenters. The second kappa shape index (κ2) is 11.0. The van der Waals surface area contributed by atoms with Gasteiger partial charge < -0.3 is 20.1 Å². The van der Waals surface area contributed by atoms with Gasteiger partial charge in [0.25, 0.3) is 0 Å². The number of Topliss-reactive ketones (excluding diaryl/α,β-unsaturated/α-hetero) is 1. The number of likely N-dealkylation sites (tertiary alicyclic amines) is 1. The predicted molar refractivity (Wildman–Crippen MR) is 159 cm³/mol. The van der Waals surface area contributed by atoms with Crippen LogP contribution in [-0.4, -0.2) is 46.7 Å². The lowest BCUT2D eigenvalue weighted by atomic mass is 9.78. The van der Waals surface area contributed by atoms with Gasteiger partial charge in [-0.3, -0.25) is 9.59 Å². The maximum atomic E-state index is 13.6. The van der Waals surface area contributed by atoms with E-state index in [4.69, 9.17) is 4.74 Å². The molecule has 7 nitrogen and oxygen atoms in total. The number of anilines is 1. The van der Waals surface area contributed by atoms with Crippen LogP contribution in [0.25, 0.3) is 0 Å². The van der Waals surface area contributed by atoms with Gasteiger partial charge in [-0.15, -0.1) is 0 Å². The van der Waals surface area contributed by atoms with Crippen molar-refractivity contribution in [1.29, 1.82) is 0 Å². The van der Waals surface area contributed by atoms with Gasteiger partial charge in [-0.25, -0.2) is 0 Å². The number of fused-ring (bicyclic) bond motifs is 1. The van der Waals surface area contributed by atoms with E-state index in [9.17, 15) is 14.7 Å². The van der Waals surface area contributed by atoms with Crippen molar-refractivity contribution in [2.75, 3.05) is 18.4 Å². The number of aromatic hydroxyl groups is 1. The van der Waals surface area contributed by atoms with Crippen LogP contribution in [0, 0.1) is 11.8 Å². The van der Waals surface area contributed by atoms with Crippen LogP contribution >= 0.6 is 16.1 Å². The van der Waals surface area contributed by atoms with E-state index in [0.717, 1.165) is 47.8 Å². The molecule has 2 aliphatic rings. The quantitative estimate of drug-likeness (QED) is 0.365. The Morgan fingerprint density at radius 1 is 1.05 bits per heavy atom. The molecule has 0 radical (unpaired) electrons. The predicted octanol–water partition coefficient (Wildman–Crippen LogP) is 6.63. The number of ether oxygens (including phenoxy) is 1. The van der Waals surface area contributed by atoms with Gasteiger partial charge >= 0.3 is 0 Å². The molecule has 0 spiro atoms. The fourth-order valence-electron chi connectivity index (χ4n) is 5.78. The molecule has 2 aromatic carbocycles. The van der Waals surface area contributed by atoms with Crippen LogP contribution in [0.4, 0.5) is 5.69 Å². The van der Waals surface area contributed by atoms with Gasteiger partial charge in [0.1, 0.15) is 17.3 Å². The number of amidine groups is 1. The fraction of sp³-hybridized carbons (Fsp3) is 0.516. The highest BCUT2D eigenvalue weighted by atomic mass is 79.9. The first-order valence-electron chi connectivity index (χ1n) is 13.6. The van der Waals surface area contributed by atoms with Crippen molar-refractivity contribution in [3.8, 4) is 11.5 Å². The smallest absolute Gasteiger partial charge is 0.221 e. The molecular formula is C31H40BrN3O4. The number of phenolic OH excluding ortho intramolecular Hbond substituents is 1. The van der Waals surface area contributed by atoms with Crippen molar-refractivity contribution in [3.63, 3.8) is 0 Å². The number of hydrogen-bond donors (Lipinski definition) is 2. The number of ketones is 1. The van der Waals surface area contributed by atoms with Crippen LogP contribution in [0.3, 0.4) is 0 Å². The van der Waals surface area contributed by atoms with Gasteiger partial charge in [0.05, 0.1) is 28.8 Å². The molecule has 0 unspecified atom stereocenters. The van der Waals surface area contributed by atoms with Crippen LogP contribution in [0.2, 0.25) is 0 Å². The molecule has 2 aromatic rings. The van der Waals surface area contributed by atoms with Crippen molar-refractivity contribution in [1.82, 2.24) is 4.90 Å². The highest BCUT2D eigenvalue weighted by molar-refractivity contribution is 9.08. The number of halogens is 1. The van der Waals surface area contributed by atoms with E-state index in [1.165, 1.54) is 6.92 Å². The molecular weight excluding hydrogens is 558 g/mol. The van der Waals surface area contributed by atoms with E-state index < -0.39 is 0 Å². The van der Waals surface area contributed by atoms with Crippen molar-refractivity contribution in [3.05, 3.63) is 53.1 Å². The summed E-state index contributed by atoms with van der Waals surface area (Å²) < 4.78 is 10.7. The zero-order valence-corrected chi connectivity index (χ0v) is 25.6. The van der Waals surface area contributed by atoms with Crippen molar-refractivity contribution in [2.45, 2.75) is 78.2 Å². The highest BCUT2D eigenvalue weighted by Gasteiger charge is 2.46. The Hall–Kier alpha value is -2.87. The van der Waals surface area contributed by atoms with E-state index in [0.29, 0.717) is 11.5 Å². The molecule has 1 heterocycles. The lowest BCUT2D eigenvalue weighted by Crippen LogP contribution is -2.34. The third-order valence-electron chi connectivity index (χ3n) is 7.71.